The maximum Gasteiger partial charge on any atom is 0.188 e. The van der Waals surface area contributed by atoms with Gasteiger partial charge in [0.2, 0.25) is 0 Å². The zero-order valence-electron chi connectivity index (χ0n) is 16.4. The quantitative estimate of drug-likeness (QED) is 0.378. The van der Waals surface area contributed by atoms with E-state index in [9.17, 15) is 0 Å². The molecule has 1 saturated heterocycles. The summed E-state index contributed by atoms with van der Waals surface area (Å²) in [5.74, 6) is 0.547. The van der Waals surface area contributed by atoms with E-state index in [2.05, 4.69) is 51.3 Å². The number of nitrogens with two attached hydrogens (primary N) is 1. The number of aryl methyl sites for hydroxylation is 1. The second kappa shape index (κ2) is 11.8. The Morgan fingerprint density at radius 2 is 2.04 bits per heavy atom. The molecule has 0 spiro atoms. The lowest BCUT2D eigenvalue weighted by molar-refractivity contribution is 0.146. The molecule has 0 unspecified atom stereocenters. The first-order valence-corrected chi connectivity index (χ1v) is 9.84. The SMILES string of the molecule is CCOCCCN=C(N)NCCCN1CCN(c2cccc(C)c2)CC1. The fourth-order valence-corrected chi connectivity index (χ4v) is 3.14. The van der Waals surface area contributed by atoms with Gasteiger partial charge in [-0.3, -0.25) is 9.89 Å². The monoisotopic (exact) mass is 361 g/mol. The van der Waals surface area contributed by atoms with Crippen LogP contribution in [0.5, 0.6) is 0 Å². The maximum absolute atomic E-state index is 5.88. The Morgan fingerprint density at radius 3 is 2.77 bits per heavy atom. The van der Waals surface area contributed by atoms with Gasteiger partial charge in [0.15, 0.2) is 5.96 Å². The number of benzene rings is 1. The first kappa shape index (κ1) is 20.5. The van der Waals surface area contributed by atoms with Crippen LogP contribution in [-0.2, 0) is 4.74 Å². The number of anilines is 1. The van der Waals surface area contributed by atoms with Gasteiger partial charge in [0.25, 0.3) is 0 Å². The van der Waals surface area contributed by atoms with Crippen LogP contribution in [0, 0.1) is 6.92 Å². The molecular weight excluding hydrogens is 326 g/mol. The third kappa shape index (κ3) is 7.62. The topological polar surface area (TPSA) is 66.1 Å². The normalized spacial score (nSPS) is 16.1. The molecule has 1 fully saturated rings. The molecule has 6 heteroatoms. The highest BCUT2D eigenvalue weighted by Crippen LogP contribution is 2.17. The fourth-order valence-electron chi connectivity index (χ4n) is 3.14. The van der Waals surface area contributed by atoms with Crippen molar-refractivity contribution in [2.45, 2.75) is 26.7 Å². The van der Waals surface area contributed by atoms with E-state index in [-0.39, 0.29) is 0 Å². The number of nitrogens with zero attached hydrogens (tertiary/aromatic N) is 3. The molecule has 2 rings (SSSR count). The highest BCUT2D eigenvalue weighted by atomic mass is 16.5. The number of hydrogen-bond acceptors (Lipinski definition) is 4. The molecule has 146 valence electrons. The minimum absolute atomic E-state index is 0.547. The van der Waals surface area contributed by atoms with Crippen molar-refractivity contribution >= 4 is 11.6 Å². The Kier molecular flexibility index (Phi) is 9.28. The second-order valence-corrected chi connectivity index (χ2v) is 6.77. The number of hydrogen-bond donors (Lipinski definition) is 2. The molecule has 0 amide bonds. The first-order valence-electron chi connectivity index (χ1n) is 9.84. The van der Waals surface area contributed by atoms with Crippen LogP contribution >= 0.6 is 0 Å². The van der Waals surface area contributed by atoms with Crippen LogP contribution < -0.4 is 16.0 Å². The predicted octanol–water partition coefficient (Wildman–Crippen LogP) is 1.84. The molecular formula is C20H35N5O. The molecule has 3 N–H and O–H groups in total. The Balaban J connectivity index is 1.55. The largest absolute Gasteiger partial charge is 0.382 e. The van der Waals surface area contributed by atoms with Crippen LogP contribution in [0.25, 0.3) is 0 Å². The second-order valence-electron chi connectivity index (χ2n) is 6.77. The summed E-state index contributed by atoms with van der Waals surface area (Å²) < 4.78 is 5.28. The van der Waals surface area contributed by atoms with Crippen LogP contribution in [0.1, 0.15) is 25.3 Å². The average Bonchev–Trinajstić information content (AvgIpc) is 2.65. The summed E-state index contributed by atoms with van der Waals surface area (Å²) in [5.41, 5.74) is 8.55. The van der Waals surface area contributed by atoms with Crippen molar-refractivity contribution in [3.8, 4) is 0 Å². The lowest BCUT2D eigenvalue weighted by Crippen LogP contribution is -2.47. The summed E-state index contributed by atoms with van der Waals surface area (Å²) >= 11 is 0. The standard InChI is InChI=1S/C20H35N5O/c1-3-26-16-6-10-23-20(21)22-9-5-11-24-12-14-25(15-13-24)19-8-4-7-18(2)17-19/h4,7-8,17H,3,5-6,9-16H2,1-2H3,(H3,21,22,23). The van der Waals surface area contributed by atoms with E-state index in [0.717, 1.165) is 71.9 Å². The average molecular weight is 362 g/mol. The minimum Gasteiger partial charge on any atom is -0.382 e. The van der Waals surface area contributed by atoms with Gasteiger partial charge in [0, 0.05) is 58.2 Å². The summed E-state index contributed by atoms with van der Waals surface area (Å²) in [7, 11) is 0. The lowest BCUT2D eigenvalue weighted by atomic mass is 10.2. The van der Waals surface area contributed by atoms with Crippen molar-refractivity contribution in [1.29, 1.82) is 0 Å². The molecule has 1 heterocycles. The van der Waals surface area contributed by atoms with Gasteiger partial charge in [-0.15, -0.1) is 0 Å². The van der Waals surface area contributed by atoms with Gasteiger partial charge in [-0.25, -0.2) is 0 Å². The Bertz CT molecular complexity index is 541. The van der Waals surface area contributed by atoms with Gasteiger partial charge in [-0.1, -0.05) is 12.1 Å². The van der Waals surface area contributed by atoms with E-state index in [1.165, 1.54) is 11.3 Å². The molecule has 1 aromatic carbocycles. The zero-order valence-corrected chi connectivity index (χ0v) is 16.4. The first-order chi connectivity index (χ1) is 12.7. The van der Waals surface area contributed by atoms with Gasteiger partial charge in [0.05, 0.1) is 0 Å². The van der Waals surface area contributed by atoms with E-state index in [4.69, 9.17) is 10.5 Å². The van der Waals surface area contributed by atoms with Gasteiger partial charge >= 0.3 is 0 Å². The third-order valence-corrected chi connectivity index (χ3v) is 4.63. The smallest absolute Gasteiger partial charge is 0.188 e. The highest BCUT2D eigenvalue weighted by Gasteiger charge is 2.16. The molecule has 0 bridgehead atoms. The fraction of sp³-hybridized carbons (Fsp3) is 0.650. The summed E-state index contributed by atoms with van der Waals surface area (Å²) in [5, 5.41) is 3.20. The summed E-state index contributed by atoms with van der Waals surface area (Å²) in [4.78, 5) is 9.33. The Labute approximate surface area is 158 Å². The van der Waals surface area contributed by atoms with Gasteiger partial charge < -0.3 is 20.7 Å². The molecule has 1 aliphatic rings. The predicted molar refractivity (Wildman–Crippen MR) is 110 cm³/mol. The van der Waals surface area contributed by atoms with Crippen LogP contribution in [0.2, 0.25) is 0 Å². The molecule has 0 aliphatic carbocycles. The molecule has 1 aliphatic heterocycles. The van der Waals surface area contributed by atoms with E-state index >= 15 is 0 Å². The summed E-state index contributed by atoms with van der Waals surface area (Å²) in [6.07, 6.45) is 2.00. The van der Waals surface area contributed by atoms with Crippen molar-refractivity contribution in [3.05, 3.63) is 29.8 Å². The van der Waals surface area contributed by atoms with E-state index < -0.39 is 0 Å². The minimum atomic E-state index is 0.547. The van der Waals surface area contributed by atoms with Crippen LogP contribution in [0.3, 0.4) is 0 Å². The van der Waals surface area contributed by atoms with Crippen molar-refractivity contribution in [2.75, 3.05) is 63.9 Å². The van der Waals surface area contributed by atoms with Crippen molar-refractivity contribution < 1.29 is 4.74 Å². The lowest BCUT2D eigenvalue weighted by Gasteiger charge is -2.36. The molecule has 0 aromatic heterocycles. The molecule has 0 radical (unpaired) electrons. The van der Waals surface area contributed by atoms with Crippen LogP contribution in [-0.4, -0.2) is 69.9 Å². The molecule has 0 saturated carbocycles. The molecule has 0 atom stereocenters. The highest BCUT2D eigenvalue weighted by molar-refractivity contribution is 5.77. The summed E-state index contributed by atoms with van der Waals surface area (Å²) in [6.45, 7) is 12.8. The number of piperazine rings is 1. The van der Waals surface area contributed by atoms with Gasteiger partial charge in [-0.05, 0) is 50.9 Å². The van der Waals surface area contributed by atoms with E-state index in [0.29, 0.717) is 5.96 Å². The maximum atomic E-state index is 5.88. The Hall–Kier alpha value is -1.79. The number of rotatable bonds is 10. The summed E-state index contributed by atoms with van der Waals surface area (Å²) in [6, 6.07) is 8.78. The molecule has 26 heavy (non-hydrogen) atoms. The number of aliphatic imine (C=N–C) groups is 1. The molecule has 6 nitrogen and oxygen atoms in total. The van der Waals surface area contributed by atoms with Crippen LogP contribution in [0.4, 0.5) is 5.69 Å². The van der Waals surface area contributed by atoms with E-state index in [1.807, 2.05) is 6.92 Å². The van der Waals surface area contributed by atoms with Crippen LogP contribution in [0.15, 0.2) is 29.3 Å². The Morgan fingerprint density at radius 1 is 1.23 bits per heavy atom. The van der Waals surface area contributed by atoms with Crippen molar-refractivity contribution in [2.24, 2.45) is 10.7 Å². The number of ether oxygens (including phenoxy) is 1. The van der Waals surface area contributed by atoms with Gasteiger partial charge in [-0.2, -0.15) is 0 Å². The van der Waals surface area contributed by atoms with E-state index in [1.54, 1.807) is 0 Å². The van der Waals surface area contributed by atoms with Crippen molar-refractivity contribution in [3.63, 3.8) is 0 Å². The van der Waals surface area contributed by atoms with Gasteiger partial charge in [0.1, 0.15) is 0 Å². The number of nitrogens with one attached hydrogen (secondary N) is 1. The zero-order chi connectivity index (χ0) is 18.6. The molecule has 1 aromatic rings. The third-order valence-electron chi connectivity index (χ3n) is 4.63. The number of guanidine groups is 1. The van der Waals surface area contributed by atoms with Crippen molar-refractivity contribution in [1.82, 2.24) is 10.2 Å².